The number of phenolic OH excluding ortho intramolecular Hbond substituents is 1. The van der Waals surface area contributed by atoms with Gasteiger partial charge in [0.1, 0.15) is 5.75 Å². The van der Waals surface area contributed by atoms with Crippen LogP contribution in [0.4, 0.5) is 0 Å². The average molecular weight is 282 g/mol. The van der Waals surface area contributed by atoms with Crippen LogP contribution in [0.25, 0.3) is 0 Å². The lowest BCUT2D eigenvalue weighted by atomic mass is 10.1. The van der Waals surface area contributed by atoms with Gasteiger partial charge in [-0.1, -0.05) is 23.8 Å². The van der Waals surface area contributed by atoms with Gasteiger partial charge in [-0.05, 0) is 24.6 Å². The van der Waals surface area contributed by atoms with E-state index in [1.165, 1.54) is 18.2 Å². The van der Waals surface area contributed by atoms with Gasteiger partial charge in [0.2, 0.25) is 0 Å². The van der Waals surface area contributed by atoms with Crippen LogP contribution in [0.1, 0.15) is 16.8 Å². The summed E-state index contributed by atoms with van der Waals surface area (Å²) in [6.07, 6.45) is 3.52. The molecule has 0 bridgehead atoms. The SMILES string of the molecule is O=C(NC1C=CC(C(=O)O)C1)c1cc(O)ccc1Cl. The highest BCUT2D eigenvalue weighted by Gasteiger charge is 2.26. The second-order valence-electron chi connectivity index (χ2n) is 4.31. The van der Waals surface area contributed by atoms with Gasteiger partial charge in [0, 0.05) is 6.04 Å². The van der Waals surface area contributed by atoms with Gasteiger partial charge in [-0.25, -0.2) is 0 Å². The zero-order valence-electron chi connectivity index (χ0n) is 9.84. The number of hydrogen-bond donors (Lipinski definition) is 3. The molecule has 1 aliphatic rings. The minimum Gasteiger partial charge on any atom is -0.508 e. The summed E-state index contributed by atoms with van der Waals surface area (Å²) in [6.45, 7) is 0. The highest BCUT2D eigenvalue weighted by molar-refractivity contribution is 6.33. The molecule has 2 rings (SSSR count). The molecule has 1 amide bonds. The van der Waals surface area contributed by atoms with E-state index in [4.69, 9.17) is 16.7 Å². The van der Waals surface area contributed by atoms with E-state index in [0.29, 0.717) is 6.42 Å². The molecule has 0 radical (unpaired) electrons. The van der Waals surface area contributed by atoms with E-state index < -0.39 is 17.8 Å². The Bertz CT molecular complexity index is 556. The summed E-state index contributed by atoms with van der Waals surface area (Å²) in [7, 11) is 0. The van der Waals surface area contributed by atoms with E-state index in [9.17, 15) is 14.7 Å². The Morgan fingerprint density at radius 1 is 1.32 bits per heavy atom. The first-order valence-corrected chi connectivity index (χ1v) is 6.05. The third kappa shape index (κ3) is 3.06. The molecule has 2 unspecified atom stereocenters. The van der Waals surface area contributed by atoms with Gasteiger partial charge in [-0.3, -0.25) is 9.59 Å². The number of nitrogens with one attached hydrogen (secondary N) is 1. The fourth-order valence-electron chi connectivity index (χ4n) is 1.92. The fourth-order valence-corrected chi connectivity index (χ4v) is 2.13. The molecule has 19 heavy (non-hydrogen) atoms. The van der Waals surface area contributed by atoms with Crippen LogP contribution in [0.15, 0.2) is 30.4 Å². The average Bonchev–Trinajstić information content (AvgIpc) is 2.80. The third-order valence-electron chi connectivity index (χ3n) is 2.91. The summed E-state index contributed by atoms with van der Waals surface area (Å²) in [5, 5.41) is 21.1. The van der Waals surface area contributed by atoms with Crippen molar-refractivity contribution < 1.29 is 19.8 Å². The molecule has 3 N–H and O–H groups in total. The molecular formula is C13H12ClNO4. The van der Waals surface area contributed by atoms with Gasteiger partial charge in [-0.2, -0.15) is 0 Å². The molecule has 6 heteroatoms. The minimum absolute atomic E-state index is 0.0556. The van der Waals surface area contributed by atoms with Gasteiger partial charge >= 0.3 is 5.97 Å². The standard InChI is InChI=1S/C13H12ClNO4/c14-11-4-3-9(16)6-10(11)12(17)15-8-2-1-7(5-8)13(18)19/h1-4,6-8,16H,5H2,(H,15,17)(H,18,19). The first kappa shape index (κ1) is 13.4. The maximum absolute atomic E-state index is 12.0. The lowest BCUT2D eigenvalue weighted by Crippen LogP contribution is -2.33. The summed E-state index contributed by atoms with van der Waals surface area (Å²) >= 11 is 5.87. The van der Waals surface area contributed by atoms with Crippen LogP contribution in [0.2, 0.25) is 5.02 Å². The van der Waals surface area contributed by atoms with Crippen molar-refractivity contribution in [2.24, 2.45) is 5.92 Å². The second kappa shape index (κ2) is 5.32. The van der Waals surface area contributed by atoms with Gasteiger partial charge in [0.05, 0.1) is 16.5 Å². The lowest BCUT2D eigenvalue weighted by Gasteiger charge is -2.13. The van der Waals surface area contributed by atoms with Crippen LogP contribution >= 0.6 is 11.6 Å². The molecule has 0 saturated heterocycles. The zero-order chi connectivity index (χ0) is 14.0. The monoisotopic (exact) mass is 281 g/mol. The minimum atomic E-state index is -0.914. The summed E-state index contributed by atoms with van der Waals surface area (Å²) in [4.78, 5) is 22.7. The molecular weight excluding hydrogens is 270 g/mol. The number of halogens is 1. The number of carboxylic acids is 1. The van der Waals surface area contributed by atoms with E-state index >= 15 is 0 Å². The van der Waals surface area contributed by atoms with Crippen molar-refractivity contribution in [1.82, 2.24) is 5.32 Å². The molecule has 0 saturated carbocycles. The molecule has 0 spiro atoms. The Balaban J connectivity index is 2.05. The number of benzene rings is 1. The maximum atomic E-state index is 12.0. The van der Waals surface area contributed by atoms with Crippen LogP contribution in [0.5, 0.6) is 5.75 Å². The van der Waals surface area contributed by atoms with Crippen molar-refractivity contribution in [3.63, 3.8) is 0 Å². The van der Waals surface area contributed by atoms with Crippen molar-refractivity contribution in [3.05, 3.63) is 40.9 Å². The summed E-state index contributed by atoms with van der Waals surface area (Å²) in [5.74, 6) is -1.99. The predicted octanol–water partition coefficient (Wildman–Crippen LogP) is 1.80. The Labute approximate surface area is 114 Å². The quantitative estimate of drug-likeness (QED) is 0.738. The number of carboxylic acid groups (broad SMARTS) is 1. The largest absolute Gasteiger partial charge is 0.508 e. The molecule has 0 aromatic heterocycles. The molecule has 2 atom stereocenters. The molecule has 1 aromatic rings. The highest BCUT2D eigenvalue weighted by Crippen LogP contribution is 2.23. The Morgan fingerprint density at radius 3 is 2.68 bits per heavy atom. The van der Waals surface area contributed by atoms with Crippen LogP contribution < -0.4 is 5.32 Å². The lowest BCUT2D eigenvalue weighted by molar-refractivity contribution is -0.140. The number of carbonyl (C=O) groups is 2. The van der Waals surface area contributed by atoms with E-state index in [0.717, 1.165) is 0 Å². The van der Waals surface area contributed by atoms with Crippen LogP contribution in [-0.2, 0) is 4.79 Å². The number of phenols is 1. The predicted molar refractivity (Wildman–Crippen MR) is 69.3 cm³/mol. The molecule has 100 valence electrons. The van der Waals surface area contributed by atoms with E-state index in [-0.39, 0.29) is 22.4 Å². The van der Waals surface area contributed by atoms with Crippen molar-refractivity contribution in [2.45, 2.75) is 12.5 Å². The number of carbonyl (C=O) groups excluding carboxylic acids is 1. The normalized spacial score (nSPS) is 21.3. The fraction of sp³-hybridized carbons (Fsp3) is 0.231. The van der Waals surface area contributed by atoms with Crippen LogP contribution in [0, 0.1) is 5.92 Å². The number of aliphatic carboxylic acids is 1. The Kier molecular flexibility index (Phi) is 3.76. The van der Waals surface area contributed by atoms with Crippen molar-refractivity contribution in [1.29, 1.82) is 0 Å². The summed E-state index contributed by atoms with van der Waals surface area (Å²) in [6, 6.07) is 3.74. The second-order valence-corrected chi connectivity index (χ2v) is 4.72. The van der Waals surface area contributed by atoms with Gasteiger partial charge in [-0.15, -0.1) is 0 Å². The summed E-state index contributed by atoms with van der Waals surface area (Å²) < 4.78 is 0. The first-order valence-electron chi connectivity index (χ1n) is 5.68. The van der Waals surface area contributed by atoms with Gasteiger partial charge in [0.15, 0.2) is 0 Å². The molecule has 0 fully saturated rings. The van der Waals surface area contributed by atoms with E-state index in [1.54, 1.807) is 12.2 Å². The molecule has 5 nitrogen and oxygen atoms in total. The smallest absolute Gasteiger partial charge is 0.310 e. The third-order valence-corrected chi connectivity index (χ3v) is 3.24. The van der Waals surface area contributed by atoms with Crippen LogP contribution in [0.3, 0.4) is 0 Å². The van der Waals surface area contributed by atoms with Crippen molar-refractivity contribution in [2.75, 3.05) is 0 Å². The van der Waals surface area contributed by atoms with E-state index in [2.05, 4.69) is 5.32 Å². The number of hydrogen-bond acceptors (Lipinski definition) is 3. The number of aromatic hydroxyl groups is 1. The number of rotatable bonds is 3. The molecule has 0 heterocycles. The highest BCUT2D eigenvalue weighted by atomic mass is 35.5. The number of amides is 1. The Hall–Kier alpha value is -2.01. The van der Waals surface area contributed by atoms with Crippen molar-refractivity contribution in [3.8, 4) is 5.75 Å². The zero-order valence-corrected chi connectivity index (χ0v) is 10.6. The van der Waals surface area contributed by atoms with Gasteiger partial charge < -0.3 is 15.5 Å². The molecule has 1 aliphatic carbocycles. The van der Waals surface area contributed by atoms with E-state index in [1.807, 2.05) is 0 Å². The first-order chi connectivity index (χ1) is 8.97. The molecule has 1 aromatic carbocycles. The summed E-state index contributed by atoms with van der Waals surface area (Å²) in [5.41, 5.74) is 0.161. The van der Waals surface area contributed by atoms with Gasteiger partial charge in [0.25, 0.3) is 5.91 Å². The Morgan fingerprint density at radius 2 is 2.05 bits per heavy atom. The molecule has 0 aliphatic heterocycles. The van der Waals surface area contributed by atoms with Crippen molar-refractivity contribution >= 4 is 23.5 Å². The maximum Gasteiger partial charge on any atom is 0.310 e. The van der Waals surface area contributed by atoms with Crippen LogP contribution in [-0.4, -0.2) is 28.1 Å². The topological polar surface area (TPSA) is 86.6 Å².